The SMILES string of the molecule is Cc1ccc([S@](=O)/C(F)=C\CCc2ccccc2)cc1. The molecule has 0 aliphatic rings. The maximum atomic E-state index is 13.8. The van der Waals surface area contributed by atoms with Crippen LogP contribution in [0.2, 0.25) is 0 Å². The molecule has 104 valence electrons. The second kappa shape index (κ2) is 7.15. The van der Waals surface area contributed by atoms with Gasteiger partial charge >= 0.3 is 0 Å². The predicted molar refractivity (Wildman–Crippen MR) is 81.5 cm³/mol. The molecule has 0 fully saturated rings. The molecule has 0 aliphatic heterocycles. The van der Waals surface area contributed by atoms with E-state index < -0.39 is 16.0 Å². The smallest absolute Gasteiger partial charge is 0.187 e. The Morgan fingerprint density at radius 1 is 1.10 bits per heavy atom. The molecule has 2 rings (SSSR count). The second-order valence-electron chi connectivity index (χ2n) is 4.61. The summed E-state index contributed by atoms with van der Waals surface area (Å²) in [5.74, 6) is 0. The topological polar surface area (TPSA) is 17.1 Å². The standard InChI is InChI=1S/C17H17FOS/c1-14-10-12-16(13-11-14)20(19)17(18)9-5-8-15-6-3-2-4-7-15/h2-4,6-7,9-13H,5,8H2,1H3/b17-9-/t20-/m0/s1. The molecule has 0 aliphatic carbocycles. The zero-order chi connectivity index (χ0) is 14.4. The highest BCUT2D eigenvalue weighted by Gasteiger charge is 2.09. The molecule has 2 aromatic rings. The molecule has 0 radical (unpaired) electrons. The van der Waals surface area contributed by atoms with E-state index in [4.69, 9.17) is 0 Å². The predicted octanol–water partition coefficient (Wildman–Crippen LogP) is 4.55. The molecule has 1 atom stereocenters. The summed E-state index contributed by atoms with van der Waals surface area (Å²) in [7, 11) is -1.70. The van der Waals surface area contributed by atoms with Crippen LogP contribution in [0.15, 0.2) is 70.7 Å². The highest BCUT2D eigenvalue weighted by Crippen LogP contribution is 2.17. The lowest BCUT2D eigenvalue weighted by Gasteiger charge is -2.01. The number of hydrogen-bond acceptors (Lipinski definition) is 1. The Morgan fingerprint density at radius 2 is 1.75 bits per heavy atom. The average molecular weight is 288 g/mol. The second-order valence-corrected chi connectivity index (χ2v) is 6.01. The first kappa shape index (κ1) is 14.7. The molecule has 20 heavy (non-hydrogen) atoms. The normalized spacial score (nSPS) is 13.2. The maximum Gasteiger partial charge on any atom is 0.187 e. The van der Waals surface area contributed by atoms with Crippen LogP contribution in [0.25, 0.3) is 0 Å². The number of hydrogen-bond donors (Lipinski definition) is 0. The Kier molecular flexibility index (Phi) is 5.24. The first-order valence-electron chi connectivity index (χ1n) is 6.55. The number of benzene rings is 2. The Bertz CT molecular complexity index is 603. The Labute approximate surface area is 121 Å². The molecular formula is C17H17FOS. The summed E-state index contributed by atoms with van der Waals surface area (Å²) < 4.78 is 25.8. The van der Waals surface area contributed by atoms with Gasteiger partial charge in [0, 0.05) is 4.90 Å². The van der Waals surface area contributed by atoms with Crippen LogP contribution in [-0.4, -0.2) is 4.21 Å². The van der Waals surface area contributed by atoms with Crippen molar-refractivity contribution in [2.45, 2.75) is 24.7 Å². The summed E-state index contributed by atoms with van der Waals surface area (Å²) in [6, 6.07) is 17.0. The van der Waals surface area contributed by atoms with Crippen LogP contribution in [0, 0.1) is 6.92 Å². The summed E-state index contributed by atoms with van der Waals surface area (Å²) >= 11 is 0. The van der Waals surface area contributed by atoms with Crippen LogP contribution in [0.3, 0.4) is 0 Å². The summed E-state index contributed by atoms with van der Waals surface area (Å²) in [4.78, 5) is 0.504. The van der Waals surface area contributed by atoms with E-state index in [2.05, 4.69) is 0 Å². The molecule has 1 nitrogen and oxygen atoms in total. The fourth-order valence-corrected chi connectivity index (χ4v) is 2.72. The van der Waals surface area contributed by atoms with Gasteiger partial charge in [0.2, 0.25) is 0 Å². The lowest BCUT2D eigenvalue weighted by Crippen LogP contribution is -1.92. The van der Waals surface area contributed by atoms with E-state index in [0.29, 0.717) is 11.3 Å². The maximum absolute atomic E-state index is 13.8. The Balaban J connectivity index is 1.96. The van der Waals surface area contributed by atoms with Crippen LogP contribution < -0.4 is 0 Å². The molecular weight excluding hydrogens is 271 g/mol. The highest BCUT2D eigenvalue weighted by molar-refractivity contribution is 7.88. The minimum atomic E-state index is -1.70. The minimum absolute atomic E-state index is 0.504. The van der Waals surface area contributed by atoms with Crippen LogP contribution >= 0.6 is 0 Å². The lowest BCUT2D eigenvalue weighted by atomic mass is 10.1. The van der Waals surface area contributed by atoms with Crippen molar-refractivity contribution < 1.29 is 8.60 Å². The van der Waals surface area contributed by atoms with Crippen LogP contribution in [0.4, 0.5) is 4.39 Å². The van der Waals surface area contributed by atoms with E-state index in [9.17, 15) is 8.60 Å². The summed E-state index contributed by atoms with van der Waals surface area (Å²) in [5, 5.41) is -0.565. The summed E-state index contributed by atoms with van der Waals surface area (Å²) in [6.07, 6.45) is 2.72. The quantitative estimate of drug-likeness (QED) is 0.789. The van der Waals surface area contributed by atoms with Gasteiger partial charge in [0.1, 0.15) is 10.8 Å². The first-order valence-corrected chi connectivity index (χ1v) is 7.70. The summed E-state index contributed by atoms with van der Waals surface area (Å²) in [6.45, 7) is 1.94. The van der Waals surface area contributed by atoms with Crippen LogP contribution in [0.5, 0.6) is 0 Å². The molecule has 3 heteroatoms. The number of aryl methyl sites for hydroxylation is 2. The third kappa shape index (κ3) is 4.14. The van der Waals surface area contributed by atoms with Crippen molar-refractivity contribution in [3.63, 3.8) is 0 Å². The monoisotopic (exact) mass is 288 g/mol. The van der Waals surface area contributed by atoms with Gasteiger partial charge in [-0.3, -0.25) is 0 Å². The Morgan fingerprint density at radius 3 is 2.40 bits per heavy atom. The van der Waals surface area contributed by atoms with Gasteiger partial charge in [0.15, 0.2) is 5.16 Å². The first-order chi connectivity index (χ1) is 9.66. The number of halogens is 1. The third-order valence-corrected chi connectivity index (χ3v) is 4.21. The van der Waals surface area contributed by atoms with Gasteiger partial charge in [-0.15, -0.1) is 0 Å². The van der Waals surface area contributed by atoms with Gasteiger partial charge in [-0.1, -0.05) is 48.0 Å². The molecule has 0 amide bonds. The van der Waals surface area contributed by atoms with Gasteiger partial charge in [0.25, 0.3) is 0 Å². The van der Waals surface area contributed by atoms with E-state index in [1.165, 1.54) is 6.08 Å². The molecule has 0 aromatic heterocycles. The molecule has 2 aromatic carbocycles. The zero-order valence-electron chi connectivity index (χ0n) is 11.4. The number of allylic oxidation sites excluding steroid dienone is 1. The van der Waals surface area contributed by atoms with E-state index in [0.717, 1.165) is 17.5 Å². The average Bonchev–Trinajstić information content (AvgIpc) is 2.48. The van der Waals surface area contributed by atoms with Crippen molar-refractivity contribution in [1.82, 2.24) is 0 Å². The molecule has 0 N–H and O–H groups in total. The van der Waals surface area contributed by atoms with E-state index in [1.54, 1.807) is 12.1 Å². The fraction of sp³-hybridized carbons (Fsp3) is 0.176. The van der Waals surface area contributed by atoms with Crippen molar-refractivity contribution in [2.24, 2.45) is 0 Å². The van der Waals surface area contributed by atoms with Crippen LogP contribution in [-0.2, 0) is 17.2 Å². The van der Waals surface area contributed by atoms with Crippen LogP contribution in [0.1, 0.15) is 17.5 Å². The van der Waals surface area contributed by atoms with E-state index >= 15 is 0 Å². The largest absolute Gasteiger partial charge is 0.247 e. The van der Waals surface area contributed by atoms with Crippen molar-refractivity contribution in [2.75, 3.05) is 0 Å². The molecule has 0 unspecified atom stereocenters. The van der Waals surface area contributed by atoms with Gasteiger partial charge in [-0.2, -0.15) is 4.39 Å². The Hall–Kier alpha value is -1.74. The highest BCUT2D eigenvalue weighted by atomic mass is 32.2. The zero-order valence-corrected chi connectivity index (χ0v) is 12.2. The van der Waals surface area contributed by atoms with Gasteiger partial charge in [0.05, 0.1) is 0 Å². The van der Waals surface area contributed by atoms with E-state index in [1.807, 2.05) is 49.4 Å². The van der Waals surface area contributed by atoms with Crippen molar-refractivity contribution in [3.8, 4) is 0 Å². The van der Waals surface area contributed by atoms with Gasteiger partial charge < -0.3 is 0 Å². The molecule has 0 saturated carbocycles. The molecule has 0 spiro atoms. The van der Waals surface area contributed by atoms with Crippen molar-refractivity contribution >= 4 is 10.8 Å². The van der Waals surface area contributed by atoms with Gasteiger partial charge in [-0.25, -0.2) is 4.21 Å². The number of rotatable bonds is 5. The van der Waals surface area contributed by atoms with Gasteiger partial charge in [-0.05, 0) is 43.5 Å². The minimum Gasteiger partial charge on any atom is -0.247 e. The molecule has 0 bridgehead atoms. The van der Waals surface area contributed by atoms with Crippen molar-refractivity contribution in [1.29, 1.82) is 0 Å². The summed E-state index contributed by atoms with van der Waals surface area (Å²) in [5.41, 5.74) is 2.22. The fourth-order valence-electron chi connectivity index (χ4n) is 1.85. The third-order valence-electron chi connectivity index (χ3n) is 2.99. The molecule has 0 heterocycles. The lowest BCUT2D eigenvalue weighted by molar-refractivity contribution is 0.646. The van der Waals surface area contributed by atoms with Crippen molar-refractivity contribution in [3.05, 3.63) is 77.0 Å². The van der Waals surface area contributed by atoms with E-state index in [-0.39, 0.29) is 0 Å². The molecule has 0 saturated heterocycles.